The molecular formula is C14H20BrClIN3O12S2. The Morgan fingerprint density at radius 3 is 0.971 bits per heavy atom. The van der Waals surface area contributed by atoms with Gasteiger partial charge in [0.1, 0.15) is 0 Å². The molecule has 3 saturated heterocycles. The molecule has 3 fully saturated rings. The van der Waals surface area contributed by atoms with Crippen LogP contribution in [0.15, 0.2) is 0 Å². The fourth-order valence-corrected chi connectivity index (χ4v) is 2.65. The van der Waals surface area contributed by atoms with Crippen molar-refractivity contribution in [1.82, 2.24) is 11.5 Å². The third-order valence-corrected chi connectivity index (χ3v) is 5.22. The number of carbonyl (C=O) groups is 6. The van der Waals surface area contributed by atoms with E-state index in [2.05, 4.69) is 16.1 Å². The van der Waals surface area contributed by atoms with Crippen LogP contribution < -0.4 is 0 Å². The summed E-state index contributed by atoms with van der Waals surface area (Å²) in [6, 6.07) is 0. The summed E-state index contributed by atoms with van der Waals surface area (Å²) in [5.74, 6) is -1.02. The first-order valence-electron chi connectivity index (χ1n) is 8.54. The fraction of sp³-hybridized carbons (Fsp3) is 0.571. The number of nitrogens with zero attached hydrogens (tertiary/aromatic N) is 3. The molecule has 196 valence electrons. The first kappa shape index (κ1) is 34.9. The number of hydrogen-bond acceptors (Lipinski definition) is 10. The number of halogens is 3. The van der Waals surface area contributed by atoms with E-state index < -0.39 is 20.2 Å². The van der Waals surface area contributed by atoms with Crippen LogP contribution in [0.25, 0.3) is 0 Å². The Morgan fingerprint density at radius 2 is 0.882 bits per heavy atom. The van der Waals surface area contributed by atoms with Crippen LogP contribution in [0.2, 0.25) is 0 Å². The largest absolute Gasteiger partial charge is 0.286 e. The van der Waals surface area contributed by atoms with Crippen molar-refractivity contribution >= 4 is 106 Å². The summed E-state index contributed by atoms with van der Waals surface area (Å²) in [6.45, 7) is 0. The van der Waals surface area contributed by atoms with E-state index >= 15 is 0 Å². The Hall–Kier alpha value is -1.26. The van der Waals surface area contributed by atoms with Crippen LogP contribution in [0.4, 0.5) is 0 Å². The van der Waals surface area contributed by atoms with Crippen molar-refractivity contribution in [3.8, 4) is 0 Å². The summed E-state index contributed by atoms with van der Waals surface area (Å²) in [6.07, 6.45) is 3.45. The molecule has 34 heavy (non-hydrogen) atoms. The third-order valence-electron chi connectivity index (χ3n) is 2.97. The highest BCUT2D eigenvalue weighted by atomic mass is 127. The van der Waals surface area contributed by atoms with Crippen molar-refractivity contribution in [3.63, 3.8) is 0 Å². The maximum Gasteiger partial charge on any atom is 0.261 e. The summed E-state index contributed by atoms with van der Waals surface area (Å²) >= 11 is 9.67. The smallest absolute Gasteiger partial charge is 0.261 e. The molecule has 0 radical (unpaired) electrons. The molecule has 0 unspecified atom stereocenters. The van der Waals surface area contributed by atoms with Gasteiger partial charge in [-0.2, -0.15) is 21.3 Å². The molecule has 0 aliphatic carbocycles. The van der Waals surface area contributed by atoms with E-state index in [0.717, 1.165) is 7.04 Å². The van der Waals surface area contributed by atoms with Gasteiger partial charge in [0.25, 0.3) is 20.2 Å². The number of amides is 6. The first-order chi connectivity index (χ1) is 15.1. The third kappa shape index (κ3) is 19.1. The molecule has 0 aromatic heterocycles. The highest BCUT2D eigenvalue weighted by Crippen LogP contribution is 2.15. The van der Waals surface area contributed by atoms with Gasteiger partial charge in [0.15, 0.2) is 0 Å². The van der Waals surface area contributed by atoms with Crippen LogP contribution in [0.1, 0.15) is 38.5 Å². The zero-order chi connectivity index (χ0) is 27.4. The lowest BCUT2D eigenvalue weighted by Crippen LogP contribution is -2.16. The minimum Gasteiger partial charge on any atom is -0.286 e. The van der Waals surface area contributed by atoms with E-state index in [0.29, 0.717) is 42.6 Å². The van der Waals surface area contributed by atoms with E-state index in [4.69, 9.17) is 20.9 Å². The minimum absolute atomic E-state index is 0.0735. The highest BCUT2D eigenvalue weighted by Gasteiger charge is 2.27. The van der Waals surface area contributed by atoms with Crippen molar-refractivity contribution in [2.75, 3.05) is 12.5 Å². The van der Waals surface area contributed by atoms with Gasteiger partial charge in [-0.15, -0.1) is 0 Å². The van der Waals surface area contributed by atoms with Crippen LogP contribution in [-0.4, -0.2) is 85.4 Å². The lowest BCUT2D eigenvalue weighted by Gasteiger charge is -1.97. The second-order valence-corrected chi connectivity index (χ2v) is 11.1. The quantitative estimate of drug-likeness (QED) is 0.148. The summed E-state index contributed by atoms with van der Waals surface area (Å²) in [7, 11) is -7.33. The maximum atomic E-state index is 10.5. The SMILES string of the molecule is CS(=O)(=O)O.CS(=O)(=O)O.O=C1CCC(=O)N1Br.O=C1CCC(=O)N1Cl.O=C1CCC(=O)N1I. The van der Waals surface area contributed by atoms with Gasteiger partial charge in [-0.05, 0) is 0 Å². The van der Waals surface area contributed by atoms with Gasteiger partial charge in [-0.3, -0.25) is 37.9 Å². The van der Waals surface area contributed by atoms with Gasteiger partial charge < -0.3 is 0 Å². The number of hydrogen-bond donors (Lipinski definition) is 2. The van der Waals surface area contributed by atoms with Gasteiger partial charge >= 0.3 is 0 Å². The number of imide groups is 3. The summed E-state index contributed by atoms with van der Waals surface area (Å²) in [4.78, 5) is 62.6. The lowest BCUT2D eigenvalue weighted by atomic mass is 10.4. The monoisotopic (exact) mass is 727 g/mol. The molecule has 3 aliphatic heterocycles. The van der Waals surface area contributed by atoms with Crippen LogP contribution in [0.3, 0.4) is 0 Å². The molecule has 6 amide bonds. The first-order valence-corrected chi connectivity index (χ1v) is 14.3. The van der Waals surface area contributed by atoms with Gasteiger partial charge in [-0.1, -0.05) is 0 Å². The molecule has 3 heterocycles. The van der Waals surface area contributed by atoms with E-state index in [1.165, 1.54) is 0 Å². The number of rotatable bonds is 0. The molecule has 0 spiro atoms. The van der Waals surface area contributed by atoms with Gasteiger partial charge in [0.05, 0.1) is 51.5 Å². The zero-order valence-electron chi connectivity index (χ0n) is 17.5. The summed E-state index contributed by atoms with van der Waals surface area (Å²) < 4.78 is 54.5. The Balaban J connectivity index is 0. The standard InChI is InChI=1S/C4H4BrNO2.C4H4ClNO2.C4H4INO2.2CH4O3S/c3*5-6-3(7)1-2-4(6)8;2*1-5(2,3)4/h3*1-2H2;2*1H3,(H,2,3,4). The van der Waals surface area contributed by atoms with Crippen molar-refractivity contribution in [3.05, 3.63) is 0 Å². The summed E-state index contributed by atoms with van der Waals surface area (Å²) in [5, 5.41) is 0. The predicted molar refractivity (Wildman–Crippen MR) is 127 cm³/mol. The van der Waals surface area contributed by atoms with Crippen LogP contribution >= 0.6 is 50.8 Å². The molecule has 20 heteroatoms. The molecule has 3 rings (SSSR count). The molecule has 0 bridgehead atoms. The highest BCUT2D eigenvalue weighted by molar-refractivity contribution is 14.1. The van der Waals surface area contributed by atoms with Crippen LogP contribution in [-0.2, 0) is 49.0 Å². The van der Waals surface area contributed by atoms with Gasteiger partial charge in [0.2, 0.25) is 35.4 Å². The maximum absolute atomic E-state index is 10.5. The van der Waals surface area contributed by atoms with Crippen LogP contribution in [0, 0.1) is 0 Å². The second-order valence-electron chi connectivity index (χ2n) is 6.17. The van der Waals surface area contributed by atoms with Crippen molar-refractivity contribution in [1.29, 1.82) is 0 Å². The average molecular weight is 729 g/mol. The molecule has 3 aliphatic rings. The zero-order valence-corrected chi connectivity index (χ0v) is 23.6. The Bertz CT molecular complexity index is 846. The predicted octanol–water partition coefficient (Wildman–Crippen LogP) is 0.228. The number of carbonyl (C=O) groups excluding carboxylic acids is 6. The molecule has 15 nitrogen and oxygen atoms in total. The van der Waals surface area contributed by atoms with Gasteiger partial charge in [0, 0.05) is 50.3 Å². The van der Waals surface area contributed by atoms with Crippen molar-refractivity contribution in [2.45, 2.75) is 38.5 Å². The van der Waals surface area contributed by atoms with Crippen molar-refractivity contribution in [2.24, 2.45) is 0 Å². The van der Waals surface area contributed by atoms with E-state index in [-0.39, 0.29) is 48.3 Å². The van der Waals surface area contributed by atoms with Crippen LogP contribution in [0.5, 0.6) is 0 Å². The molecule has 0 atom stereocenters. The fourth-order valence-electron chi connectivity index (χ4n) is 1.65. The molecule has 0 aromatic carbocycles. The molecular weight excluding hydrogens is 709 g/mol. The normalized spacial score (nSPS) is 17.8. The lowest BCUT2D eigenvalue weighted by molar-refractivity contribution is -0.133. The topological polar surface area (TPSA) is 221 Å². The Kier molecular flexibility index (Phi) is 16.1. The van der Waals surface area contributed by atoms with E-state index in [1.807, 2.05) is 0 Å². The Labute approximate surface area is 222 Å². The second kappa shape index (κ2) is 15.7. The van der Waals surface area contributed by atoms with E-state index in [1.54, 1.807) is 22.9 Å². The molecule has 0 saturated carbocycles. The molecule has 0 aromatic rings. The van der Waals surface area contributed by atoms with E-state index in [9.17, 15) is 45.6 Å². The summed E-state index contributed by atoms with van der Waals surface area (Å²) in [5.41, 5.74) is 0. The molecule has 2 N–H and O–H groups in total. The minimum atomic E-state index is -3.67. The van der Waals surface area contributed by atoms with Crippen molar-refractivity contribution < 1.29 is 54.7 Å². The van der Waals surface area contributed by atoms with Gasteiger partial charge in [-0.25, -0.2) is 7.04 Å². The average Bonchev–Trinajstić information content (AvgIpc) is 3.24. The Morgan fingerprint density at radius 1 is 0.676 bits per heavy atom.